The Bertz CT molecular complexity index is 2480. The van der Waals surface area contributed by atoms with E-state index in [1.165, 1.54) is 97.6 Å². The summed E-state index contributed by atoms with van der Waals surface area (Å²) in [4.78, 5) is 2.48. The van der Waals surface area contributed by atoms with Crippen molar-refractivity contribution in [3.63, 3.8) is 0 Å². The first-order valence-electron chi connectivity index (χ1n) is 16.9. The van der Waals surface area contributed by atoms with Crippen LogP contribution in [0.15, 0.2) is 158 Å². The van der Waals surface area contributed by atoms with Gasteiger partial charge in [-0.15, -0.1) is 0 Å². The van der Waals surface area contributed by atoms with Crippen molar-refractivity contribution < 1.29 is 0 Å². The van der Waals surface area contributed by atoms with Gasteiger partial charge in [-0.05, 0) is 100 Å². The van der Waals surface area contributed by atoms with E-state index in [1.807, 2.05) is 0 Å². The highest BCUT2D eigenvalue weighted by atomic mass is 15.1. The Morgan fingerprint density at radius 1 is 0.447 bits per heavy atom. The number of anilines is 3. The van der Waals surface area contributed by atoms with Crippen molar-refractivity contribution in [3.8, 4) is 16.8 Å². The van der Waals surface area contributed by atoms with Crippen molar-refractivity contribution in [1.82, 2.24) is 4.57 Å². The number of benzene rings is 7. The van der Waals surface area contributed by atoms with Gasteiger partial charge in [-0.3, -0.25) is 0 Å². The molecule has 0 unspecified atom stereocenters. The zero-order valence-electron chi connectivity index (χ0n) is 26.2. The Morgan fingerprint density at radius 2 is 1.09 bits per heavy atom. The summed E-state index contributed by atoms with van der Waals surface area (Å²) in [5, 5.41) is 5.04. The third-order valence-corrected chi connectivity index (χ3v) is 10.9. The molecule has 1 spiro atoms. The average Bonchev–Trinajstić information content (AvgIpc) is 3.83. The number of rotatable bonds is 4. The van der Waals surface area contributed by atoms with Gasteiger partial charge < -0.3 is 9.47 Å². The second kappa shape index (κ2) is 10.2. The molecule has 0 radical (unpaired) electrons. The van der Waals surface area contributed by atoms with Gasteiger partial charge in [-0.1, -0.05) is 116 Å². The van der Waals surface area contributed by atoms with Crippen LogP contribution in [-0.4, -0.2) is 4.57 Å². The van der Waals surface area contributed by atoms with Gasteiger partial charge in [0.2, 0.25) is 0 Å². The van der Waals surface area contributed by atoms with Crippen molar-refractivity contribution in [2.45, 2.75) is 31.1 Å². The topological polar surface area (TPSA) is 8.17 Å². The standard InChI is InChI=1S/C45H34N2/c1-2-14-33(15-3-1)47-43-19-9-7-17-39(43)40-25-23-36(30-44(40)47)46(34-21-20-31-12-4-5-13-32(31)28-34)35-22-24-38-37-16-6-8-18-41(37)45(42(38)29-35)26-10-11-27-45/h1-9,12-25,28-30H,10-11,26-27H2. The summed E-state index contributed by atoms with van der Waals surface area (Å²) in [5.74, 6) is 0. The SMILES string of the molecule is c1ccc(-n2c3ccccc3c3ccc(N(c4ccc5c(c4)C4(CCCC4)c4ccccc4-5)c4ccc5ccccc5c4)cc32)cc1. The molecule has 0 bridgehead atoms. The third kappa shape index (κ3) is 3.91. The van der Waals surface area contributed by atoms with Gasteiger partial charge in [0.25, 0.3) is 0 Å². The van der Waals surface area contributed by atoms with E-state index in [4.69, 9.17) is 0 Å². The van der Waals surface area contributed by atoms with Crippen molar-refractivity contribution in [1.29, 1.82) is 0 Å². The first-order valence-corrected chi connectivity index (χ1v) is 16.9. The van der Waals surface area contributed by atoms with Gasteiger partial charge in [-0.2, -0.15) is 0 Å². The van der Waals surface area contributed by atoms with Crippen molar-refractivity contribution >= 4 is 49.6 Å². The minimum atomic E-state index is 0.112. The largest absolute Gasteiger partial charge is 0.310 e. The Balaban J connectivity index is 1.23. The Morgan fingerprint density at radius 3 is 1.98 bits per heavy atom. The van der Waals surface area contributed by atoms with Crippen molar-refractivity contribution in [2.24, 2.45) is 0 Å². The summed E-state index contributed by atoms with van der Waals surface area (Å²) < 4.78 is 2.42. The zero-order valence-corrected chi connectivity index (χ0v) is 26.2. The summed E-state index contributed by atoms with van der Waals surface area (Å²) in [6.45, 7) is 0. The molecule has 8 aromatic rings. The first-order chi connectivity index (χ1) is 23.3. The monoisotopic (exact) mass is 602 g/mol. The molecule has 7 aromatic carbocycles. The van der Waals surface area contributed by atoms with Gasteiger partial charge in [0.15, 0.2) is 0 Å². The first kappa shape index (κ1) is 26.6. The summed E-state index contributed by atoms with van der Waals surface area (Å²) in [5.41, 5.74) is 13.1. The highest BCUT2D eigenvalue weighted by Crippen LogP contribution is 2.58. The molecular formula is C45H34N2. The van der Waals surface area contributed by atoms with E-state index in [-0.39, 0.29) is 5.41 Å². The summed E-state index contributed by atoms with van der Waals surface area (Å²) in [6, 6.07) is 58.5. The lowest BCUT2D eigenvalue weighted by atomic mass is 9.76. The van der Waals surface area contributed by atoms with Crippen LogP contribution in [-0.2, 0) is 5.41 Å². The Labute approximate surface area is 275 Å². The number of para-hydroxylation sites is 2. The molecule has 0 amide bonds. The van der Waals surface area contributed by atoms with Gasteiger partial charge >= 0.3 is 0 Å². The smallest absolute Gasteiger partial charge is 0.0561 e. The van der Waals surface area contributed by atoms with E-state index in [1.54, 1.807) is 0 Å². The molecule has 1 saturated carbocycles. The fraction of sp³-hybridized carbons (Fsp3) is 0.111. The van der Waals surface area contributed by atoms with E-state index in [2.05, 4.69) is 167 Å². The lowest BCUT2D eigenvalue weighted by Crippen LogP contribution is -2.21. The molecule has 2 aliphatic rings. The average molecular weight is 603 g/mol. The van der Waals surface area contributed by atoms with Crippen LogP contribution in [0.2, 0.25) is 0 Å². The van der Waals surface area contributed by atoms with Gasteiger partial charge in [0.1, 0.15) is 0 Å². The summed E-state index contributed by atoms with van der Waals surface area (Å²) >= 11 is 0. The van der Waals surface area contributed by atoms with Crippen LogP contribution < -0.4 is 4.90 Å². The van der Waals surface area contributed by atoms with E-state index in [0.29, 0.717) is 0 Å². The molecule has 0 atom stereocenters. The van der Waals surface area contributed by atoms with Crippen LogP contribution >= 0.6 is 0 Å². The van der Waals surface area contributed by atoms with Crippen LogP contribution in [0.25, 0.3) is 49.4 Å². The van der Waals surface area contributed by atoms with Crippen LogP contribution in [0, 0.1) is 0 Å². The molecule has 10 rings (SSSR count). The quantitative estimate of drug-likeness (QED) is 0.195. The lowest BCUT2D eigenvalue weighted by Gasteiger charge is -2.30. The van der Waals surface area contributed by atoms with Crippen LogP contribution in [0.3, 0.4) is 0 Å². The number of fused-ring (bicyclic) bond motifs is 9. The predicted octanol–water partition coefficient (Wildman–Crippen LogP) is 12.2. The maximum atomic E-state index is 2.52. The van der Waals surface area contributed by atoms with Crippen LogP contribution in [0.1, 0.15) is 36.8 Å². The normalized spacial score (nSPS) is 14.6. The molecule has 2 aliphatic carbocycles. The van der Waals surface area contributed by atoms with Gasteiger partial charge in [0, 0.05) is 38.9 Å². The molecule has 0 N–H and O–H groups in total. The van der Waals surface area contributed by atoms with Gasteiger partial charge in [-0.25, -0.2) is 0 Å². The van der Waals surface area contributed by atoms with Crippen molar-refractivity contribution in [3.05, 3.63) is 169 Å². The lowest BCUT2D eigenvalue weighted by molar-refractivity contribution is 0.550. The van der Waals surface area contributed by atoms with Gasteiger partial charge in [0.05, 0.1) is 11.0 Å². The maximum Gasteiger partial charge on any atom is 0.0561 e. The third-order valence-electron chi connectivity index (χ3n) is 10.9. The Kier molecular flexibility index (Phi) is 5.77. The minimum absolute atomic E-state index is 0.112. The van der Waals surface area contributed by atoms with E-state index >= 15 is 0 Å². The highest BCUT2D eigenvalue weighted by molar-refractivity contribution is 6.10. The molecular weight excluding hydrogens is 569 g/mol. The fourth-order valence-electron chi connectivity index (χ4n) is 8.82. The fourth-order valence-corrected chi connectivity index (χ4v) is 8.82. The predicted molar refractivity (Wildman–Crippen MR) is 198 cm³/mol. The minimum Gasteiger partial charge on any atom is -0.310 e. The molecule has 1 heterocycles. The molecule has 0 aliphatic heterocycles. The maximum absolute atomic E-state index is 2.52. The highest BCUT2D eigenvalue weighted by Gasteiger charge is 2.45. The zero-order chi connectivity index (χ0) is 31.0. The summed E-state index contributed by atoms with van der Waals surface area (Å²) in [7, 11) is 0. The van der Waals surface area contributed by atoms with Crippen molar-refractivity contribution in [2.75, 3.05) is 4.90 Å². The van der Waals surface area contributed by atoms with Crippen LogP contribution in [0.4, 0.5) is 17.1 Å². The van der Waals surface area contributed by atoms with Crippen LogP contribution in [0.5, 0.6) is 0 Å². The molecule has 1 fully saturated rings. The molecule has 2 nitrogen and oxygen atoms in total. The summed E-state index contributed by atoms with van der Waals surface area (Å²) in [6.07, 6.45) is 5.01. The second-order valence-electron chi connectivity index (χ2n) is 13.3. The molecule has 224 valence electrons. The second-order valence-corrected chi connectivity index (χ2v) is 13.3. The number of hydrogen-bond acceptors (Lipinski definition) is 1. The number of hydrogen-bond donors (Lipinski definition) is 0. The molecule has 2 heteroatoms. The molecule has 0 saturated heterocycles. The van der Waals surface area contributed by atoms with E-state index in [9.17, 15) is 0 Å². The molecule has 47 heavy (non-hydrogen) atoms. The van der Waals surface area contributed by atoms with E-state index in [0.717, 1.165) is 5.69 Å². The Hall–Kier alpha value is -5.60. The molecule has 1 aromatic heterocycles. The van der Waals surface area contributed by atoms with E-state index < -0.39 is 0 Å². The number of nitrogens with zero attached hydrogens (tertiary/aromatic N) is 2. The number of aromatic nitrogens is 1.